The molecule has 35 heavy (non-hydrogen) atoms. The Labute approximate surface area is 202 Å². The predicted molar refractivity (Wildman–Crippen MR) is 123 cm³/mol. The van der Waals surface area contributed by atoms with Crippen LogP contribution in [-0.4, -0.2) is 73.5 Å². The normalized spacial score (nSPS) is 14.3. The maximum atomic E-state index is 13.4. The number of carbonyl (C=O) groups excluding carboxylic acids is 1. The van der Waals surface area contributed by atoms with E-state index >= 15 is 0 Å². The molecule has 1 heterocycles. The van der Waals surface area contributed by atoms with Gasteiger partial charge in [-0.25, -0.2) is 13.2 Å². The fraction of sp³-hybridized carbons (Fsp3) is 0.391. The monoisotopic (exact) mass is 515 g/mol. The molecule has 3 rings (SSSR count). The van der Waals surface area contributed by atoms with Gasteiger partial charge in [-0.1, -0.05) is 36.4 Å². The molecule has 8 nitrogen and oxygen atoms in total. The van der Waals surface area contributed by atoms with E-state index in [4.69, 9.17) is 9.90 Å². The van der Waals surface area contributed by atoms with Gasteiger partial charge in [0.25, 0.3) is 0 Å². The molecule has 0 bridgehead atoms. The van der Waals surface area contributed by atoms with Gasteiger partial charge >= 0.3 is 12.1 Å². The number of hydrogen-bond acceptors (Lipinski definition) is 5. The maximum absolute atomic E-state index is 13.4. The van der Waals surface area contributed by atoms with Crippen LogP contribution in [0.15, 0.2) is 53.4 Å². The van der Waals surface area contributed by atoms with Crippen LogP contribution in [0, 0.1) is 13.8 Å². The van der Waals surface area contributed by atoms with E-state index in [0.717, 1.165) is 29.8 Å². The van der Waals surface area contributed by atoms with Gasteiger partial charge in [-0.3, -0.25) is 4.79 Å². The van der Waals surface area contributed by atoms with Crippen molar-refractivity contribution in [2.45, 2.75) is 31.5 Å². The second-order valence-corrected chi connectivity index (χ2v) is 9.88. The first kappa shape index (κ1) is 28.3. The number of aryl methyl sites for hydroxylation is 2. The van der Waals surface area contributed by atoms with Crippen LogP contribution in [0.3, 0.4) is 0 Å². The largest absolute Gasteiger partial charge is 0.490 e. The average molecular weight is 516 g/mol. The van der Waals surface area contributed by atoms with Gasteiger partial charge in [-0.05, 0) is 42.7 Å². The number of rotatable bonds is 6. The molecule has 2 N–H and O–H groups in total. The number of amides is 1. The molecule has 0 radical (unpaired) electrons. The van der Waals surface area contributed by atoms with E-state index in [1.165, 1.54) is 4.31 Å². The fourth-order valence-electron chi connectivity index (χ4n) is 3.20. The van der Waals surface area contributed by atoms with Gasteiger partial charge in [0.15, 0.2) is 0 Å². The van der Waals surface area contributed by atoms with Crippen molar-refractivity contribution in [3.8, 4) is 0 Å². The Balaban J connectivity index is 0.000000540. The number of aliphatic carboxylic acids is 1. The Kier molecular flexibility index (Phi) is 9.81. The minimum atomic E-state index is -5.08. The average Bonchev–Trinajstić information content (AvgIpc) is 2.81. The van der Waals surface area contributed by atoms with Crippen LogP contribution in [-0.2, 0) is 26.2 Å². The minimum Gasteiger partial charge on any atom is -0.475 e. The number of alkyl halides is 3. The molecule has 1 aliphatic rings. The molecule has 1 saturated heterocycles. The second kappa shape index (κ2) is 12.1. The molecule has 0 aliphatic carbocycles. The van der Waals surface area contributed by atoms with Crippen molar-refractivity contribution < 1.29 is 36.3 Å². The molecular weight excluding hydrogens is 487 g/mol. The van der Waals surface area contributed by atoms with Crippen molar-refractivity contribution >= 4 is 21.9 Å². The van der Waals surface area contributed by atoms with Gasteiger partial charge in [-0.15, -0.1) is 0 Å². The summed E-state index contributed by atoms with van der Waals surface area (Å²) in [6, 6.07) is 14.5. The lowest BCUT2D eigenvalue weighted by Crippen LogP contribution is -2.50. The zero-order valence-electron chi connectivity index (χ0n) is 19.4. The molecule has 12 heteroatoms. The molecule has 2 aromatic rings. The number of carboxylic acids is 1. The Bertz CT molecular complexity index is 1120. The Morgan fingerprint density at radius 1 is 1.03 bits per heavy atom. The zero-order chi connectivity index (χ0) is 26.2. The fourth-order valence-corrected chi connectivity index (χ4v) is 4.66. The minimum absolute atomic E-state index is 0.161. The predicted octanol–water partition coefficient (Wildman–Crippen LogP) is 2.56. The van der Waals surface area contributed by atoms with E-state index in [9.17, 15) is 26.4 Å². The highest BCUT2D eigenvalue weighted by atomic mass is 32.2. The van der Waals surface area contributed by atoms with Crippen molar-refractivity contribution in [3.05, 3.63) is 65.2 Å². The molecule has 0 unspecified atom stereocenters. The van der Waals surface area contributed by atoms with Gasteiger partial charge in [0.2, 0.25) is 15.9 Å². The second-order valence-electron chi connectivity index (χ2n) is 7.94. The number of carboxylic acid groups (broad SMARTS) is 1. The van der Waals surface area contributed by atoms with Crippen LogP contribution >= 0.6 is 0 Å². The standard InChI is InChI=1S/C21H27N3O3S.C2HF3O2/c1-17-8-9-20(14-18(17)2)28(26,27)24(15-19-6-4-3-5-7-19)16-21(25)23-12-10-22-11-13-23;3-2(4,5)1(6)7/h3-9,14,22H,10-13,15-16H2,1-2H3;(H,6,7). The van der Waals surface area contributed by atoms with Gasteiger partial charge in [0, 0.05) is 32.7 Å². The highest BCUT2D eigenvalue weighted by Crippen LogP contribution is 2.21. The highest BCUT2D eigenvalue weighted by Gasteiger charge is 2.38. The number of benzene rings is 2. The number of piperazine rings is 1. The summed E-state index contributed by atoms with van der Waals surface area (Å²) < 4.78 is 59.7. The van der Waals surface area contributed by atoms with Crippen molar-refractivity contribution in [2.75, 3.05) is 32.7 Å². The van der Waals surface area contributed by atoms with Crippen molar-refractivity contribution in [2.24, 2.45) is 0 Å². The van der Waals surface area contributed by atoms with Crippen LogP contribution in [0.1, 0.15) is 16.7 Å². The molecular formula is C23H28F3N3O5S. The molecule has 192 valence electrons. The van der Waals surface area contributed by atoms with E-state index in [1.54, 1.807) is 23.1 Å². The quantitative estimate of drug-likeness (QED) is 0.613. The number of carbonyl (C=O) groups is 2. The summed E-state index contributed by atoms with van der Waals surface area (Å²) in [5, 5.41) is 10.3. The number of nitrogens with one attached hydrogen (secondary N) is 1. The molecule has 1 amide bonds. The van der Waals surface area contributed by atoms with Crippen LogP contribution in [0.4, 0.5) is 13.2 Å². The Hall–Kier alpha value is -2.96. The SMILES string of the molecule is Cc1ccc(S(=O)(=O)N(CC(=O)N2CCNCC2)Cc2ccccc2)cc1C.O=C(O)C(F)(F)F. The van der Waals surface area contributed by atoms with E-state index in [0.29, 0.717) is 13.1 Å². The number of nitrogens with zero attached hydrogens (tertiary/aromatic N) is 2. The van der Waals surface area contributed by atoms with E-state index in [1.807, 2.05) is 44.2 Å². The van der Waals surface area contributed by atoms with Gasteiger partial charge in [0.1, 0.15) is 0 Å². The van der Waals surface area contributed by atoms with E-state index < -0.39 is 22.2 Å². The first-order valence-corrected chi connectivity index (χ1v) is 12.2. The highest BCUT2D eigenvalue weighted by molar-refractivity contribution is 7.89. The summed E-state index contributed by atoms with van der Waals surface area (Å²) in [6.07, 6.45) is -5.08. The lowest BCUT2D eigenvalue weighted by molar-refractivity contribution is -0.192. The first-order valence-electron chi connectivity index (χ1n) is 10.7. The zero-order valence-corrected chi connectivity index (χ0v) is 20.2. The van der Waals surface area contributed by atoms with Crippen molar-refractivity contribution in [1.29, 1.82) is 0 Å². The van der Waals surface area contributed by atoms with E-state index in [-0.39, 0.29) is 23.9 Å². The third kappa shape index (κ3) is 8.34. The molecule has 1 fully saturated rings. The number of halogens is 3. The van der Waals surface area contributed by atoms with Gasteiger partial charge < -0.3 is 15.3 Å². The molecule has 0 atom stereocenters. The molecule has 1 aliphatic heterocycles. The Morgan fingerprint density at radius 3 is 2.11 bits per heavy atom. The molecule has 0 aromatic heterocycles. The van der Waals surface area contributed by atoms with Crippen LogP contribution in [0.2, 0.25) is 0 Å². The topological polar surface area (TPSA) is 107 Å². The first-order chi connectivity index (χ1) is 16.3. The molecule has 2 aromatic carbocycles. The summed E-state index contributed by atoms with van der Waals surface area (Å²) in [4.78, 5) is 23.6. The van der Waals surface area contributed by atoms with Gasteiger partial charge in [0.05, 0.1) is 11.4 Å². The van der Waals surface area contributed by atoms with Gasteiger partial charge in [-0.2, -0.15) is 17.5 Å². The lowest BCUT2D eigenvalue weighted by atomic mass is 10.1. The third-order valence-electron chi connectivity index (χ3n) is 5.34. The Morgan fingerprint density at radius 2 is 1.60 bits per heavy atom. The maximum Gasteiger partial charge on any atom is 0.490 e. The number of hydrogen-bond donors (Lipinski definition) is 2. The smallest absolute Gasteiger partial charge is 0.475 e. The summed E-state index contributed by atoms with van der Waals surface area (Å²) in [6.45, 7) is 6.49. The summed E-state index contributed by atoms with van der Waals surface area (Å²) in [7, 11) is -3.80. The van der Waals surface area contributed by atoms with Crippen LogP contribution < -0.4 is 5.32 Å². The van der Waals surface area contributed by atoms with Crippen LogP contribution in [0.5, 0.6) is 0 Å². The van der Waals surface area contributed by atoms with Crippen molar-refractivity contribution in [3.63, 3.8) is 0 Å². The van der Waals surface area contributed by atoms with E-state index in [2.05, 4.69) is 5.32 Å². The lowest BCUT2D eigenvalue weighted by Gasteiger charge is -2.30. The third-order valence-corrected chi connectivity index (χ3v) is 7.13. The summed E-state index contributed by atoms with van der Waals surface area (Å²) >= 11 is 0. The molecule has 0 saturated carbocycles. The summed E-state index contributed by atoms with van der Waals surface area (Å²) in [5.41, 5.74) is 2.79. The molecule has 0 spiro atoms. The van der Waals surface area contributed by atoms with Crippen LogP contribution in [0.25, 0.3) is 0 Å². The van der Waals surface area contributed by atoms with Crippen molar-refractivity contribution in [1.82, 2.24) is 14.5 Å². The summed E-state index contributed by atoms with van der Waals surface area (Å²) in [5.74, 6) is -2.92. The number of sulfonamides is 1.